The molecular formula is C38H24O11. The fourth-order valence-electron chi connectivity index (χ4n) is 6.68. The van der Waals surface area contributed by atoms with Crippen molar-refractivity contribution < 1.29 is 55.5 Å². The van der Waals surface area contributed by atoms with Gasteiger partial charge in [-0.05, 0) is 62.5 Å². The molecule has 0 fully saturated rings. The van der Waals surface area contributed by atoms with Crippen molar-refractivity contribution in [3.63, 3.8) is 0 Å². The van der Waals surface area contributed by atoms with E-state index in [0.29, 0.717) is 49.0 Å². The molecule has 242 valence electrons. The fraction of sp³-hybridized carbons (Fsp3) is 0. The van der Waals surface area contributed by atoms with Crippen LogP contribution in [0.25, 0.3) is 76.9 Å². The third kappa shape index (κ3) is 3.96. The molecule has 8 aromatic rings. The Morgan fingerprint density at radius 2 is 0.694 bits per heavy atom. The Bertz CT molecular complexity index is 2610. The molecule has 0 amide bonds. The van der Waals surface area contributed by atoms with Crippen molar-refractivity contribution in [2.45, 2.75) is 0 Å². The van der Waals surface area contributed by atoms with E-state index in [-0.39, 0.29) is 16.7 Å². The maximum Gasteiger partial charge on any atom is 0.208 e. The van der Waals surface area contributed by atoms with Crippen molar-refractivity contribution in [1.29, 1.82) is 0 Å². The smallest absolute Gasteiger partial charge is 0.208 e. The normalized spacial score (nSPS) is 11.7. The van der Waals surface area contributed by atoms with E-state index in [0.717, 1.165) is 11.1 Å². The lowest BCUT2D eigenvalue weighted by molar-refractivity contribution is 0.330. The van der Waals surface area contributed by atoms with Crippen LogP contribution in [0.1, 0.15) is 0 Å². The number of hydrogen-bond donors (Lipinski definition) is 10. The monoisotopic (exact) mass is 656 g/mol. The van der Waals surface area contributed by atoms with Crippen molar-refractivity contribution in [3.05, 3.63) is 84.9 Å². The second-order valence-corrected chi connectivity index (χ2v) is 11.6. The van der Waals surface area contributed by atoms with E-state index < -0.39 is 57.5 Å². The van der Waals surface area contributed by atoms with Crippen LogP contribution in [0.4, 0.5) is 0 Å². The highest BCUT2D eigenvalue weighted by atomic mass is 16.4. The number of benzene rings is 7. The van der Waals surface area contributed by atoms with Crippen LogP contribution in [0.15, 0.2) is 89.3 Å². The van der Waals surface area contributed by atoms with E-state index in [9.17, 15) is 51.1 Å². The van der Waals surface area contributed by atoms with Gasteiger partial charge in [0.1, 0.15) is 11.2 Å². The molecule has 11 heteroatoms. The summed E-state index contributed by atoms with van der Waals surface area (Å²) in [6, 6.07) is 24.8. The molecule has 10 N–H and O–H groups in total. The van der Waals surface area contributed by atoms with Crippen LogP contribution in [0.3, 0.4) is 0 Å². The second-order valence-electron chi connectivity index (χ2n) is 11.6. The number of rotatable bonds is 3. The van der Waals surface area contributed by atoms with E-state index >= 15 is 0 Å². The predicted molar refractivity (Wildman–Crippen MR) is 182 cm³/mol. The predicted octanol–water partition coefficient (Wildman–Crippen LogP) is 7.95. The van der Waals surface area contributed by atoms with Gasteiger partial charge in [0.25, 0.3) is 0 Å². The summed E-state index contributed by atoms with van der Waals surface area (Å²) >= 11 is 0. The van der Waals surface area contributed by atoms with Gasteiger partial charge in [0.2, 0.25) is 34.5 Å². The van der Waals surface area contributed by atoms with Crippen LogP contribution < -0.4 is 0 Å². The van der Waals surface area contributed by atoms with Gasteiger partial charge in [-0.3, -0.25) is 0 Å². The Labute approximate surface area is 274 Å². The molecule has 8 rings (SSSR count). The lowest BCUT2D eigenvalue weighted by Gasteiger charge is -2.20. The first-order valence-corrected chi connectivity index (χ1v) is 14.8. The van der Waals surface area contributed by atoms with Crippen molar-refractivity contribution in [1.82, 2.24) is 0 Å². The Hall–Kier alpha value is -7.14. The highest BCUT2D eigenvalue weighted by Crippen LogP contribution is 2.58. The summed E-state index contributed by atoms with van der Waals surface area (Å²) in [4.78, 5) is 0. The van der Waals surface area contributed by atoms with Crippen molar-refractivity contribution >= 4 is 43.5 Å². The fourth-order valence-corrected chi connectivity index (χ4v) is 6.68. The standard InChI is InChI=1S/C38H24O11/c39-29-26(30(40)34(44)37(47)33(29)43)16-9-11-17-22-13-15(10-12-23(22)49-24(17)14-16)25-18-5-1-3-7-20(18)27(21-8-4-2-6-19(21)25)28-31(41)35(45)38(48)36(46)32(28)42/h1-14,39-48H. The largest absolute Gasteiger partial charge is 0.504 e. The summed E-state index contributed by atoms with van der Waals surface area (Å²) in [5.41, 5.74) is 2.38. The molecule has 0 saturated carbocycles. The van der Waals surface area contributed by atoms with Gasteiger partial charge in [0.15, 0.2) is 23.0 Å². The number of aromatic hydroxyl groups is 10. The van der Waals surface area contributed by atoms with Gasteiger partial charge in [-0.1, -0.05) is 60.7 Å². The third-order valence-corrected chi connectivity index (χ3v) is 8.97. The molecule has 0 spiro atoms. The van der Waals surface area contributed by atoms with Crippen LogP contribution in [0.5, 0.6) is 57.5 Å². The Morgan fingerprint density at radius 3 is 1.20 bits per heavy atom. The van der Waals surface area contributed by atoms with E-state index in [4.69, 9.17) is 4.42 Å². The minimum Gasteiger partial charge on any atom is -0.504 e. The van der Waals surface area contributed by atoms with Crippen molar-refractivity contribution in [2.24, 2.45) is 0 Å². The van der Waals surface area contributed by atoms with Gasteiger partial charge in [0, 0.05) is 16.3 Å². The topological polar surface area (TPSA) is 215 Å². The molecule has 0 atom stereocenters. The molecule has 0 aliphatic carbocycles. The van der Waals surface area contributed by atoms with Crippen LogP contribution in [-0.2, 0) is 0 Å². The first kappa shape index (κ1) is 29.3. The van der Waals surface area contributed by atoms with Crippen molar-refractivity contribution in [3.8, 4) is 90.9 Å². The number of furan rings is 1. The molecule has 1 aromatic heterocycles. The van der Waals surface area contributed by atoms with Gasteiger partial charge in [0.05, 0.1) is 11.1 Å². The molecule has 0 radical (unpaired) electrons. The van der Waals surface area contributed by atoms with Gasteiger partial charge >= 0.3 is 0 Å². The lowest BCUT2D eigenvalue weighted by atomic mass is 9.85. The molecule has 7 aromatic carbocycles. The molecule has 0 aliphatic rings. The Morgan fingerprint density at radius 1 is 0.286 bits per heavy atom. The molecular weight excluding hydrogens is 632 g/mol. The summed E-state index contributed by atoms with van der Waals surface area (Å²) in [5.74, 6) is -9.31. The number of phenols is 10. The zero-order chi connectivity index (χ0) is 34.5. The molecule has 11 nitrogen and oxygen atoms in total. The summed E-state index contributed by atoms with van der Waals surface area (Å²) in [5, 5.41) is 108. The van der Waals surface area contributed by atoms with Gasteiger partial charge < -0.3 is 55.5 Å². The number of phenolic OH excluding ortho intramolecular Hbond substituents is 10. The summed E-state index contributed by atoms with van der Waals surface area (Å²) in [6.45, 7) is 0. The van der Waals surface area contributed by atoms with E-state index in [1.807, 2.05) is 36.4 Å². The lowest BCUT2D eigenvalue weighted by Crippen LogP contribution is -1.92. The molecule has 0 saturated heterocycles. The Kier molecular flexibility index (Phi) is 6.08. The molecule has 0 aliphatic heterocycles. The highest BCUT2D eigenvalue weighted by molar-refractivity contribution is 6.23. The zero-order valence-corrected chi connectivity index (χ0v) is 25.0. The maximum absolute atomic E-state index is 10.9. The van der Waals surface area contributed by atoms with Crippen LogP contribution in [0, 0.1) is 0 Å². The minimum atomic E-state index is -1.06. The van der Waals surface area contributed by atoms with E-state index in [1.54, 1.807) is 42.5 Å². The van der Waals surface area contributed by atoms with Crippen LogP contribution >= 0.6 is 0 Å². The minimum absolute atomic E-state index is 0.192. The number of hydrogen-bond acceptors (Lipinski definition) is 11. The first-order valence-electron chi connectivity index (χ1n) is 14.8. The summed E-state index contributed by atoms with van der Waals surface area (Å²) in [7, 11) is 0. The molecule has 0 bridgehead atoms. The summed E-state index contributed by atoms with van der Waals surface area (Å²) in [6.07, 6.45) is 0. The zero-order valence-electron chi connectivity index (χ0n) is 25.0. The average Bonchev–Trinajstić information content (AvgIpc) is 3.48. The Balaban J connectivity index is 1.38. The third-order valence-electron chi connectivity index (χ3n) is 8.97. The second kappa shape index (κ2) is 10.2. The average molecular weight is 657 g/mol. The first-order chi connectivity index (χ1) is 23.5. The maximum atomic E-state index is 10.9. The molecule has 1 heterocycles. The van der Waals surface area contributed by atoms with Gasteiger partial charge in [-0.15, -0.1) is 0 Å². The quantitative estimate of drug-likeness (QED) is 0.0500. The number of fused-ring (bicyclic) bond motifs is 5. The summed E-state index contributed by atoms with van der Waals surface area (Å²) < 4.78 is 6.12. The van der Waals surface area contributed by atoms with Crippen LogP contribution in [0.2, 0.25) is 0 Å². The highest BCUT2D eigenvalue weighted by Gasteiger charge is 2.28. The van der Waals surface area contributed by atoms with Gasteiger partial charge in [-0.25, -0.2) is 0 Å². The van der Waals surface area contributed by atoms with Gasteiger partial charge in [-0.2, -0.15) is 0 Å². The van der Waals surface area contributed by atoms with Crippen LogP contribution in [-0.4, -0.2) is 51.1 Å². The molecule has 0 unspecified atom stereocenters. The van der Waals surface area contributed by atoms with E-state index in [1.165, 1.54) is 6.07 Å². The van der Waals surface area contributed by atoms with E-state index in [2.05, 4.69) is 0 Å². The SMILES string of the molecule is Oc1c(O)c(O)c(-c2ccc3c(c2)oc2ccc(-c4c5ccccc5c(-c5c(O)c(O)c(O)c(O)c5O)c5ccccc45)cc23)c(O)c1O. The molecule has 49 heavy (non-hydrogen) atoms. The van der Waals surface area contributed by atoms with Crippen molar-refractivity contribution in [2.75, 3.05) is 0 Å².